The summed E-state index contributed by atoms with van der Waals surface area (Å²) in [6.07, 6.45) is 1.32. The number of hydrogen-bond acceptors (Lipinski definition) is 4. The molecule has 2 N–H and O–H groups in total. The molecule has 1 aliphatic heterocycles. The van der Waals surface area contributed by atoms with Crippen molar-refractivity contribution in [3.63, 3.8) is 0 Å². The van der Waals surface area contributed by atoms with Crippen molar-refractivity contribution >= 4 is 11.8 Å². The van der Waals surface area contributed by atoms with Crippen molar-refractivity contribution in [1.82, 2.24) is 14.7 Å². The number of amides is 1. The van der Waals surface area contributed by atoms with Crippen LogP contribution in [-0.4, -0.2) is 32.4 Å². The quantitative estimate of drug-likeness (QED) is 0.761. The van der Waals surface area contributed by atoms with E-state index in [-0.39, 0.29) is 12.1 Å². The lowest BCUT2D eigenvalue weighted by molar-refractivity contribution is 0.00916. The molecule has 6 heteroatoms. The molecule has 1 aromatic rings. The summed E-state index contributed by atoms with van der Waals surface area (Å²) in [4.78, 5) is 13.8. The maximum Gasteiger partial charge on any atom is 0.410 e. The van der Waals surface area contributed by atoms with Crippen LogP contribution in [0, 0.1) is 0 Å². The van der Waals surface area contributed by atoms with Gasteiger partial charge in [0.15, 0.2) is 0 Å². The average Bonchev–Trinajstić information content (AvgIpc) is 2.56. The van der Waals surface area contributed by atoms with Gasteiger partial charge in [0, 0.05) is 0 Å². The highest BCUT2D eigenvalue weighted by Crippen LogP contribution is 2.23. The lowest BCUT2D eigenvalue weighted by Gasteiger charge is -2.35. The number of carbonyl (C=O) groups is 1. The number of nitrogens with two attached hydrogens (primary N) is 1. The van der Waals surface area contributed by atoms with Gasteiger partial charge in [-0.1, -0.05) is 0 Å². The highest BCUT2D eigenvalue weighted by atomic mass is 16.6. The largest absolute Gasteiger partial charge is 0.444 e. The van der Waals surface area contributed by atoms with E-state index in [1.807, 2.05) is 32.4 Å². The smallest absolute Gasteiger partial charge is 0.410 e. The van der Waals surface area contributed by atoms with E-state index >= 15 is 0 Å². The van der Waals surface area contributed by atoms with Gasteiger partial charge in [0.2, 0.25) is 0 Å². The number of nitrogens with zero attached hydrogens (tertiary/aromatic N) is 3. The molecule has 1 aromatic heterocycles. The second-order valence-electron chi connectivity index (χ2n) is 5.69. The number of nitrogen functional groups attached to an aromatic ring is 1. The molecule has 0 unspecified atom stereocenters. The van der Waals surface area contributed by atoms with Gasteiger partial charge >= 0.3 is 6.09 Å². The van der Waals surface area contributed by atoms with Gasteiger partial charge in [0.1, 0.15) is 5.60 Å². The number of ether oxygens (including phenoxy) is 1. The molecular formula is C12H20N4O2. The molecule has 0 aliphatic carbocycles. The first-order valence-corrected chi connectivity index (χ1v) is 6.07. The Bertz CT molecular complexity index is 461. The van der Waals surface area contributed by atoms with Crippen LogP contribution in [0.5, 0.6) is 0 Å². The van der Waals surface area contributed by atoms with Gasteiger partial charge in [0.25, 0.3) is 0 Å². The molecule has 0 aromatic carbocycles. The van der Waals surface area contributed by atoms with Crippen LogP contribution >= 0.6 is 0 Å². The third-order valence-corrected chi connectivity index (χ3v) is 2.90. The van der Waals surface area contributed by atoms with Crippen LogP contribution in [0.15, 0.2) is 6.20 Å². The number of anilines is 1. The molecule has 0 saturated carbocycles. The van der Waals surface area contributed by atoms with E-state index in [2.05, 4.69) is 5.10 Å². The zero-order valence-electron chi connectivity index (χ0n) is 11.3. The molecule has 1 aliphatic rings. The van der Waals surface area contributed by atoms with Crippen LogP contribution in [0.2, 0.25) is 0 Å². The highest BCUT2D eigenvalue weighted by molar-refractivity contribution is 5.69. The summed E-state index contributed by atoms with van der Waals surface area (Å²) in [5, 5.41) is 4.19. The normalized spacial score (nSPS) is 19.6. The van der Waals surface area contributed by atoms with Crippen LogP contribution < -0.4 is 5.73 Å². The van der Waals surface area contributed by atoms with Crippen molar-refractivity contribution in [3.05, 3.63) is 11.9 Å². The maximum absolute atomic E-state index is 12.1. The summed E-state index contributed by atoms with van der Waals surface area (Å²) in [5.41, 5.74) is 6.84. The van der Waals surface area contributed by atoms with E-state index in [0.717, 1.165) is 5.69 Å². The predicted molar refractivity (Wildman–Crippen MR) is 67.9 cm³/mol. The van der Waals surface area contributed by atoms with Gasteiger partial charge in [-0.15, -0.1) is 0 Å². The van der Waals surface area contributed by atoms with Crippen LogP contribution in [0.3, 0.4) is 0 Å². The fraction of sp³-hybridized carbons (Fsp3) is 0.667. The monoisotopic (exact) mass is 252 g/mol. The summed E-state index contributed by atoms with van der Waals surface area (Å²) >= 11 is 0. The third kappa shape index (κ3) is 2.42. The molecule has 0 spiro atoms. The summed E-state index contributed by atoms with van der Waals surface area (Å²) < 4.78 is 7.24. The molecule has 18 heavy (non-hydrogen) atoms. The molecule has 1 atom stereocenters. The molecule has 2 heterocycles. The molecule has 6 nitrogen and oxygen atoms in total. The topological polar surface area (TPSA) is 73.4 Å². The molecule has 2 rings (SSSR count). The third-order valence-electron chi connectivity index (χ3n) is 2.90. The summed E-state index contributed by atoms with van der Waals surface area (Å²) in [5.74, 6) is 0. The van der Waals surface area contributed by atoms with Gasteiger partial charge in [-0.25, -0.2) is 4.79 Å². The first-order valence-electron chi connectivity index (χ1n) is 6.07. The molecule has 100 valence electrons. The SMILES string of the molecule is C[C@H]1Cn2ncc(N)c2CN1C(=O)OC(C)(C)C. The molecule has 0 bridgehead atoms. The van der Waals surface area contributed by atoms with E-state index in [1.54, 1.807) is 11.1 Å². The van der Waals surface area contributed by atoms with Crippen molar-refractivity contribution in [3.8, 4) is 0 Å². The van der Waals surface area contributed by atoms with Gasteiger partial charge in [-0.2, -0.15) is 5.10 Å². The Morgan fingerprint density at radius 3 is 2.83 bits per heavy atom. The Balaban J connectivity index is 2.16. The van der Waals surface area contributed by atoms with E-state index in [9.17, 15) is 4.79 Å². The van der Waals surface area contributed by atoms with Gasteiger partial charge in [-0.3, -0.25) is 9.58 Å². The minimum absolute atomic E-state index is 0.0478. The summed E-state index contributed by atoms with van der Waals surface area (Å²) in [7, 11) is 0. The van der Waals surface area contributed by atoms with Crippen LogP contribution in [0.4, 0.5) is 10.5 Å². The zero-order valence-corrected chi connectivity index (χ0v) is 11.3. The van der Waals surface area contributed by atoms with E-state index < -0.39 is 5.60 Å². The summed E-state index contributed by atoms with van der Waals surface area (Å²) in [6, 6.07) is 0.0478. The standard InChI is InChI=1S/C12H20N4O2/c1-8-6-16-10(9(13)5-14-16)7-15(8)11(17)18-12(2,3)4/h5,8H,6-7,13H2,1-4H3/t8-/m0/s1. The Hall–Kier alpha value is -1.72. The Labute approximate surface area is 107 Å². The maximum atomic E-state index is 12.1. The Morgan fingerprint density at radius 1 is 1.56 bits per heavy atom. The minimum atomic E-state index is -0.486. The fourth-order valence-electron chi connectivity index (χ4n) is 1.99. The Morgan fingerprint density at radius 2 is 2.22 bits per heavy atom. The molecule has 0 saturated heterocycles. The molecular weight excluding hydrogens is 232 g/mol. The first-order chi connectivity index (χ1) is 8.28. The first kappa shape index (κ1) is 12.7. The molecule has 0 radical (unpaired) electrons. The second-order valence-corrected chi connectivity index (χ2v) is 5.69. The summed E-state index contributed by atoms with van der Waals surface area (Å²) in [6.45, 7) is 8.65. The number of hydrogen-bond donors (Lipinski definition) is 1. The second kappa shape index (κ2) is 4.19. The van der Waals surface area contributed by atoms with Gasteiger partial charge in [0.05, 0.1) is 36.7 Å². The zero-order chi connectivity index (χ0) is 13.5. The number of aromatic nitrogens is 2. The van der Waals surface area contributed by atoms with Crippen molar-refractivity contribution in [2.75, 3.05) is 5.73 Å². The van der Waals surface area contributed by atoms with E-state index in [0.29, 0.717) is 18.8 Å². The Kier molecular flexibility index (Phi) is 2.96. The van der Waals surface area contributed by atoms with Crippen molar-refractivity contribution < 1.29 is 9.53 Å². The average molecular weight is 252 g/mol. The van der Waals surface area contributed by atoms with Crippen molar-refractivity contribution in [2.24, 2.45) is 0 Å². The van der Waals surface area contributed by atoms with Crippen LogP contribution in [0.1, 0.15) is 33.4 Å². The minimum Gasteiger partial charge on any atom is -0.444 e. The highest BCUT2D eigenvalue weighted by Gasteiger charge is 2.31. The number of rotatable bonds is 0. The lowest BCUT2D eigenvalue weighted by atomic mass is 10.2. The molecule has 0 fully saturated rings. The van der Waals surface area contributed by atoms with Crippen LogP contribution in [0.25, 0.3) is 0 Å². The predicted octanol–water partition coefficient (Wildman–Crippen LogP) is 1.60. The fourth-order valence-corrected chi connectivity index (χ4v) is 1.99. The van der Waals surface area contributed by atoms with Gasteiger partial charge < -0.3 is 10.5 Å². The lowest BCUT2D eigenvalue weighted by Crippen LogP contribution is -2.47. The molecule has 1 amide bonds. The van der Waals surface area contributed by atoms with Crippen LogP contribution in [-0.2, 0) is 17.8 Å². The van der Waals surface area contributed by atoms with Crippen molar-refractivity contribution in [2.45, 2.75) is 52.4 Å². The van der Waals surface area contributed by atoms with Gasteiger partial charge in [-0.05, 0) is 27.7 Å². The van der Waals surface area contributed by atoms with E-state index in [1.165, 1.54) is 0 Å². The van der Waals surface area contributed by atoms with Crippen molar-refractivity contribution in [1.29, 1.82) is 0 Å². The number of fused-ring (bicyclic) bond motifs is 1. The van der Waals surface area contributed by atoms with E-state index in [4.69, 9.17) is 10.5 Å². The number of carbonyl (C=O) groups excluding carboxylic acids is 1.